The standard InChI is InChI=1S/C15H32N2O2/c1-5-6-7-11-17-15(18)14(4)16-10-8-9-12-19-13(2)3/h13-14,16H,5-12H2,1-4H3,(H,17,18). The average Bonchev–Trinajstić information content (AvgIpc) is 2.37. The van der Waals surface area contributed by atoms with Crippen LogP contribution in [0.25, 0.3) is 0 Å². The number of nitrogens with one attached hydrogen (secondary N) is 2. The van der Waals surface area contributed by atoms with Gasteiger partial charge < -0.3 is 15.4 Å². The fourth-order valence-electron chi connectivity index (χ4n) is 1.70. The summed E-state index contributed by atoms with van der Waals surface area (Å²) in [6, 6.07) is -0.104. The minimum atomic E-state index is -0.104. The second kappa shape index (κ2) is 12.4. The summed E-state index contributed by atoms with van der Waals surface area (Å²) in [5.74, 6) is 0.106. The molecule has 0 radical (unpaired) electrons. The number of rotatable bonds is 12. The van der Waals surface area contributed by atoms with E-state index in [1.54, 1.807) is 0 Å². The second-order valence-electron chi connectivity index (χ2n) is 5.30. The van der Waals surface area contributed by atoms with E-state index < -0.39 is 0 Å². The number of carbonyl (C=O) groups is 1. The second-order valence-corrected chi connectivity index (χ2v) is 5.30. The predicted molar refractivity (Wildman–Crippen MR) is 80.3 cm³/mol. The first kappa shape index (κ1) is 18.4. The van der Waals surface area contributed by atoms with Gasteiger partial charge in [0.1, 0.15) is 0 Å². The molecule has 1 unspecified atom stereocenters. The predicted octanol–water partition coefficient (Wildman–Crippen LogP) is 2.48. The van der Waals surface area contributed by atoms with Gasteiger partial charge in [-0.15, -0.1) is 0 Å². The molecule has 114 valence electrons. The van der Waals surface area contributed by atoms with Crippen LogP contribution in [-0.4, -0.2) is 37.7 Å². The first-order valence-corrected chi connectivity index (χ1v) is 7.70. The van der Waals surface area contributed by atoms with Gasteiger partial charge in [0.15, 0.2) is 0 Å². The molecule has 0 saturated heterocycles. The van der Waals surface area contributed by atoms with Crippen molar-refractivity contribution in [2.24, 2.45) is 0 Å². The highest BCUT2D eigenvalue weighted by molar-refractivity contribution is 5.81. The van der Waals surface area contributed by atoms with Crippen LogP contribution in [0.2, 0.25) is 0 Å². The van der Waals surface area contributed by atoms with E-state index in [2.05, 4.69) is 17.6 Å². The van der Waals surface area contributed by atoms with Crippen LogP contribution in [0.1, 0.15) is 59.8 Å². The number of hydrogen-bond acceptors (Lipinski definition) is 3. The van der Waals surface area contributed by atoms with Crippen LogP contribution in [-0.2, 0) is 9.53 Å². The Balaban J connectivity index is 3.41. The van der Waals surface area contributed by atoms with Gasteiger partial charge in [0.25, 0.3) is 0 Å². The zero-order valence-corrected chi connectivity index (χ0v) is 13.1. The van der Waals surface area contributed by atoms with Gasteiger partial charge in [0, 0.05) is 13.2 Å². The number of amides is 1. The van der Waals surface area contributed by atoms with Crippen molar-refractivity contribution in [1.29, 1.82) is 0 Å². The van der Waals surface area contributed by atoms with Crippen molar-refractivity contribution >= 4 is 5.91 Å². The molecule has 0 aliphatic carbocycles. The summed E-state index contributed by atoms with van der Waals surface area (Å²) in [5.41, 5.74) is 0. The molecule has 0 spiro atoms. The molecule has 0 heterocycles. The summed E-state index contributed by atoms with van der Waals surface area (Å²) in [7, 11) is 0. The first-order chi connectivity index (χ1) is 9.07. The Kier molecular flexibility index (Phi) is 12.0. The Morgan fingerprint density at radius 1 is 1.05 bits per heavy atom. The molecule has 1 atom stereocenters. The molecule has 0 aromatic heterocycles. The van der Waals surface area contributed by atoms with E-state index in [0.717, 1.165) is 39.0 Å². The van der Waals surface area contributed by atoms with Gasteiger partial charge in [-0.3, -0.25) is 4.79 Å². The fourth-order valence-corrected chi connectivity index (χ4v) is 1.70. The van der Waals surface area contributed by atoms with Crippen molar-refractivity contribution in [3.63, 3.8) is 0 Å². The van der Waals surface area contributed by atoms with Gasteiger partial charge in [0.05, 0.1) is 12.1 Å². The Bertz CT molecular complexity index is 220. The minimum Gasteiger partial charge on any atom is -0.379 e. The Morgan fingerprint density at radius 3 is 2.37 bits per heavy atom. The highest BCUT2D eigenvalue weighted by Gasteiger charge is 2.10. The van der Waals surface area contributed by atoms with Gasteiger partial charge in [-0.2, -0.15) is 0 Å². The molecule has 0 rings (SSSR count). The maximum atomic E-state index is 11.7. The molecule has 4 nitrogen and oxygen atoms in total. The van der Waals surface area contributed by atoms with Crippen molar-refractivity contribution in [1.82, 2.24) is 10.6 Å². The minimum absolute atomic E-state index is 0.104. The molecule has 0 aliphatic rings. The number of hydrogen-bond donors (Lipinski definition) is 2. The maximum Gasteiger partial charge on any atom is 0.236 e. The zero-order valence-electron chi connectivity index (χ0n) is 13.1. The quantitative estimate of drug-likeness (QED) is 0.537. The first-order valence-electron chi connectivity index (χ1n) is 7.70. The van der Waals surface area contributed by atoms with Crippen molar-refractivity contribution in [2.75, 3.05) is 19.7 Å². The normalized spacial score (nSPS) is 12.7. The SMILES string of the molecule is CCCCCNC(=O)C(C)NCCCCOC(C)C. The largest absolute Gasteiger partial charge is 0.379 e. The van der Waals surface area contributed by atoms with E-state index in [-0.39, 0.29) is 11.9 Å². The lowest BCUT2D eigenvalue weighted by molar-refractivity contribution is -0.122. The van der Waals surface area contributed by atoms with E-state index in [1.165, 1.54) is 12.8 Å². The van der Waals surface area contributed by atoms with E-state index >= 15 is 0 Å². The monoisotopic (exact) mass is 272 g/mol. The molecule has 0 saturated carbocycles. The molecule has 19 heavy (non-hydrogen) atoms. The Morgan fingerprint density at radius 2 is 1.74 bits per heavy atom. The van der Waals surface area contributed by atoms with Crippen molar-refractivity contribution in [3.05, 3.63) is 0 Å². The van der Waals surface area contributed by atoms with Gasteiger partial charge in [-0.1, -0.05) is 19.8 Å². The lowest BCUT2D eigenvalue weighted by Crippen LogP contribution is -2.42. The molecule has 0 fully saturated rings. The van der Waals surface area contributed by atoms with Gasteiger partial charge in [0.2, 0.25) is 5.91 Å². The molecular weight excluding hydrogens is 240 g/mol. The highest BCUT2D eigenvalue weighted by Crippen LogP contribution is 1.95. The van der Waals surface area contributed by atoms with Gasteiger partial charge in [-0.25, -0.2) is 0 Å². The molecule has 2 N–H and O–H groups in total. The molecular formula is C15H32N2O2. The Labute approximate surface area is 118 Å². The summed E-state index contributed by atoms with van der Waals surface area (Å²) in [6.07, 6.45) is 5.82. The fraction of sp³-hybridized carbons (Fsp3) is 0.933. The van der Waals surface area contributed by atoms with Crippen LogP contribution in [0.4, 0.5) is 0 Å². The van der Waals surface area contributed by atoms with E-state index in [4.69, 9.17) is 4.74 Å². The van der Waals surface area contributed by atoms with Crippen LogP contribution < -0.4 is 10.6 Å². The van der Waals surface area contributed by atoms with Crippen molar-refractivity contribution in [3.8, 4) is 0 Å². The molecule has 0 aromatic rings. The van der Waals surface area contributed by atoms with Crippen LogP contribution >= 0.6 is 0 Å². The average molecular weight is 272 g/mol. The number of carbonyl (C=O) groups excluding carboxylic acids is 1. The molecule has 0 aromatic carbocycles. The third-order valence-corrected chi connectivity index (χ3v) is 2.95. The zero-order chi connectivity index (χ0) is 14.5. The molecule has 4 heteroatoms. The number of ether oxygens (including phenoxy) is 1. The van der Waals surface area contributed by atoms with Crippen molar-refractivity contribution < 1.29 is 9.53 Å². The molecule has 1 amide bonds. The van der Waals surface area contributed by atoms with Gasteiger partial charge >= 0.3 is 0 Å². The number of unbranched alkanes of at least 4 members (excludes halogenated alkanes) is 3. The highest BCUT2D eigenvalue weighted by atomic mass is 16.5. The summed E-state index contributed by atoms with van der Waals surface area (Å²) >= 11 is 0. The lowest BCUT2D eigenvalue weighted by Gasteiger charge is -2.14. The van der Waals surface area contributed by atoms with E-state index in [1.807, 2.05) is 20.8 Å². The summed E-state index contributed by atoms with van der Waals surface area (Å²) in [6.45, 7) is 10.6. The maximum absolute atomic E-state index is 11.7. The summed E-state index contributed by atoms with van der Waals surface area (Å²) in [5, 5.41) is 6.20. The third-order valence-electron chi connectivity index (χ3n) is 2.95. The van der Waals surface area contributed by atoms with Crippen LogP contribution in [0.15, 0.2) is 0 Å². The Hall–Kier alpha value is -0.610. The van der Waals surface area contributed by atoms with Gasteiger partial charge in [-0.05, 0) is 46.6 Å². The van der Waals surface area contributed by atoms with Crippen LogP contribution in [0.5, 0.6) is 0 Å². The van der Waals surface area contributed by atoms with Crippen LogP contribution in [0.3, 0.4) is 0 Å². The van der Waals surface area contributed by atoms with E-state index in [9.17, 15) is 4.79 Å². The molecule has 0 aliphatic heterocycles. The van der Waals surface area contributed by atoms with Crippen LogP contribution in [0, 0.1) is 0 Å². The van der Waals surface area contributed by atoms with E-state index in [0.29, 0.717) is 6.10 Å². The summed E-state index contributed by atoms with van der Waals surface area (Å²) in [4.78, 5) is 11.7. The van der Waals surface area contributed by atoms with Crippen molar-refractivity contribution in [2.45, 2.75) is 71.9 Å². The lowest BCUT2D eigenvalue weighted by atomic mass is 10.2. The smallest absolute Gasteiger partial charge is 0.236 e. The summed E-state index contributed by atoms with van der Waals surface area (Å²) < 4.78 is 5.47. The molecule has 0 bridgehead atoms. The topological polar surface area (TPSA) is 50.4 Å². The third kappa shape index (κ3) is 12.2.